The predicted octanol–water partition coefficient (Wildman–Crippen LogP) is 10.8. The molecule has 1 nitrogen and oxygen atoms in total. The van der Waals surface area contributed by atoms with Gasteiger partial charge in [-0.15, -0.1) is 0 Å². The highest BCUT2D eigenvalue weighted by atomic mass is 15.3. The number of hydrogen-bond donors (Lipinski definition) is 0. The summed E-state index contributed by atoms with van der Waals surface area (Å²) in [5.74, 6) is 5.41. The smallest absolute Gasteiger partial charge is 0.0785 e. The molecule has 0 radical (unpaired) electrons. The summed E-state index contributed by atoms with van der Waals surface area (Å²) in [6.07, 6.45) is 21.4. The van der Waals surface area contributed by atoms with E-state index in [0.717, 1.165) is 35.5 Å². The minimum Gasteiger partial charge on any atom is -0.328 e. The van der Waals surface area contributed by atoms with Crippen LogP contribution in [0.15, 0.2) is 0 Å². The van der Waals surface area contributed by atoms with Crippen LogP contribution in [0, 0.1) is 35.5 Å². The lowest BCUT2D eigenvalue weighted by atomic mass is 9.90. The van der Waals surface area contributed by atoms with Crippen molar-refractivity contribution in [3.8, 4) is 0 Å². The second kappa shape index (κ2) is 20.1. The molecule has 0 heterocycles. The van der Waals surface area contributed by atoms with Gasteiger partial charge >= 0.3 is 0 Å². The van der Waals surface area contributed by atoms with Crippen molar-refractivity contribution in [2.75, 3.05) is 27.2 Å². The largest absolute Gasteiger partial charge is 0.328 e. The Morgan fingerprint density at radius 2 is 0.794 bits per heavy atom. The van der Waals surface area contributed by atoms with Crippen molar-refractivity contribution in [2.24, 2.45) is 35.5 Å². The number of quaternary nitrogens is 1. The molecular formula is C33H70N+. The Balaban J connectivity index is 3.99. The van der Waals surface area contributed by atoms with E-state index < -0.39 is 0 Å². The van der Waals surface area contributed by atoms with Crippen molar-refractivity contribution in [1.29, 1.82) is 0 Å². The first kappa shape index (κ1) is 34.0. The van der Waals surface area contributed by atoms with Gasteiger partial charge in [-0.25, -0.2) is 0 Å². The Morgan fingerprint density at radius 1 is 0.441 bits per heavy atom. The van der Waals surface area contributed by atoms with Crippen molar-refractivity contribution in [2.45, 2.75) is 152 Å². The minimum absolute atomic E-state index is 0.870. The van der Waals surface area contributed by atoms with Crippen LogP contribution in [0.1, 0.15) is 152 Å². The highest BCUT2D eigenvalue weighted by Gasteiger charge is 2.19. The normalized spacial score (nSPS) is 16.2. The third-order valence-electron chi connectivity index (χ3n) is 8.61. The molecule has 0 saturated heterocycles. The molecular weight excluding hydrogens is 410 g/mol. The summed E-state index contributed by atoms with van der Waals surface area (Å²) in [5, 5.41) is 0. The van der Waals surface area contributed by atoms with Gasteiger partial charge in [0.2, 0.25) is 0 Å². The van der Waals surface area contributed by atoms with Gasteiger partial charge in [-0.2, -0.15) is 0 Å². The lowest BCUT2D eigenvalue weighted by Gasteiger charge is -2.32. The second-order valence-corrected chi connectivity index (χ2v) is 14.1. The van der Waals surface area contributed by atoms with Gasteiger partial charge in [0.25, 0.3) is 0 Å². The van der Waals surface area contributed by atoms with Gasteiger partial charge in [-0.05, 0) is 48.3 Å². The zero-order valence-electron chi connectivity index (χ0n) is 25.9. The Kier molecular flexibility index (Phi) is 20.0. The molecule has 0 bridgehead atoms. The molecule has 34 heavy (non-hydrogen) atoms. The third-order valence-corrected chi connectivity index (χ3v) is 8.61. The molecule has 0 aliphatic rings. The van der Waals surface area contributed by atoms with Gasteiger partial charge in [-0.3, -0.25) is 0 Å². The maximum absolute atomic E-state index is 2.50. The van der Waals surface area contributed by atoms with Crippen molar-refractivity contribution < 1.29 is 4.48 Å². The lowest BCUT2D eigenvalue weighted by Crippen LogP contribution is -2.42. The van der Waals surface area contributed by atoms with Crippen LogP contribution in [-0.2, 0) is 0 Å². The van der Waals surface area contributed by atoms with E-state index in [4.69, 9.17) is 0 Å². The van der Waals surface area contributed by atoms with Gasteiger partial charge < -0.3 is 4.48 Å². The molecule has 0 aliphatic carbocycles. The molecule has 0 N–H and O–H groups in total. The molecule has 0 fully saturated rings. The molecule has 4 atom stereocenters. The zero-order chi connectivity index (χ0) is 26.0. The Labute approximate surface area is 218 Å². The van der Waals surface area contributed by atoms with Crippen LogP contribution >= 0.6 is 0 Å². The molecule has 0 aromatic heterocycles. The van der Waals surface area contributed by atoms with Gasteiger partial charge in [-0.1, -0.05) is 139 Å². The third kappa shape index (κ3) is 21.3. The fourth-order valence-electron chi connectivity index (χ4n) is 5.52. The van der Waals surface area contributed by atoms with E-state index in [1.165, 1.54) is 114 Å². The monoisotopic (exact) mass is 481 g/mol. The molecule has 0 aromatic carbocycles. The zero-order valence-corrected chi connectivity index (χ0v) is 25.9. The van der Waals surface area contributed by atoms with Crippen molar-refractivity contribution in [3.05, 3.63) is 0 Å². The first-order chi connectivity index (χ1) is 15.9. The number of nitrogens with zero attached hydrogens (tertiary/aromatic N) is 1. The van der Waals surface area contributed by atoms with Gasteiger partial charge in [0.05, 0.1) is 27.2 Å². The van der Waals surface area contributed by atoms with Crippen molar-refractivity contribution >= 4 is 0 Å². The Morgan fingerprint density at radius 3 is 1.21 bits per heavy atom. The predicted molar refractivity (Wildman–Crippen MR) is 157 cm³/mol. The van der Waals surface area contributed by atoms with Gasteiger partial charge in [0.15, 0.2) is 0 Å². The molecule has 0 amide bonds. The number of hydrogen-bond acceptors (Lipinski definition) is 0. The molecule has 4 unspecified atom stereocenters. The van der Waals surface area contributed by atoms with Crippen LogP contribution in [0.25, 0.3) is 0 Å². The summed E-state index contributed by atoms with van der Waals surface area (Å²) in [4.78, 5) is 0. The van der Waals surface area contributed by atoms with Crippen LogP contribution in [-0.4, -0.2) is 31.7 Å². The summed E-state index contributed by atoms with van der Waals surface area (Å²) in [7, 11) is 4.96. The van der Waals surface area contributed by atoms with Crippen LogP contribution in [0.2, 0.25) is 0 Å². The first-order valence-electron chi connectivity index (χ1n) is 15.8. The SMILES string of the molecule is CCC(CCCC(C)CCCC(C)C)CC[N+](C)(C)CCC(C)CCCC(C)CCCC(C)C. The lowest BCUT2D eigenvalue weighted by molar-refractivity contribution is -0.891. The van der Waals surface area contributed by atoms with Crippen LogP contribution in [0.5, 0.6) is 0 Å². The second-order valence-electron chi connectivity index (χ2n) is 14.1. The van der Waals surface area contributed by atoms with E-state index in [1.54, 1.807) is 0 Å². The highest BCUT2D eigenvalue weighted by Crippen LogP contribution is 2.24. The quantitative estimate of drug-likeness (QED) is 0.128. The highest BCUT2D eigenvalue weighted by molar-refractivity contribution is 4.62. The molecule has 206 valence electrons. The molecule has 0 aliphatic heterocycles. The van der Waals surface area contributed by atoms with Gasteiger partial charge in [0.1, 0.15) is 0 Å². The summed E-state index contributed by atoms with van der Waals surface area (Å²) in [6, 6.07) is 0. The van der Waals surface area contributed by atoms with E-state index >= 15 is 0 Å². The summed E-state index contributed by atoms with van der Waals surface area (Å²) >= 11 is 0. The van der Waals surface area contributed by atoms with E-state index in [0.29, 0.717) is 0 Å². The van der Waals surface area contributed by atoms with Crippen molar-refractivity contribution in [3.63, 3.8) is 0 Å². The van der Waals surface area contributed by atoms with E-state index in [9.17, 15) is 0 Å². The van der Waals surface area contributed by atoms with E-state index in [-0.39, 0.29) is 0 Å². The van der Waals surface area contributed by atoms with Crippen molar-refractivity contribution in [1.82, 2.24) is 0 Å². The fraction of sp³-hybridized carbons (Fsp3) is 1.00. The maximum Gasteiger partial charge on any atom is 0.0785 e. The van der Waals surface area contributed by atoms with Crippen LogP contribution in [0.4, 0.5) is 0 Å². The Hall–Kier alpha value is -0.0400. The Bertz CT molecular complexity index is 438. The first-order valence-corrected chi connectivity index (χ1v) is 15.8. The standard InChI is InChI=1S/C33H70N/c1-11-33(23-15-22-31(7)19-13-17-29(4)5)25-27-34(9,10)26-24-32(8)21-14-20-30(6)18-12-16-28(2)3/h28-33H,11-27H2,1-10H3/q+1. The summed E-state index contributed by atoms with van der Waals surface area (Å²) in [5.41, 5.74) is 0. The minimum atomic E-state index is 0.870. The van der Waals surface area contributed by atoms with Crippen LogP contribution < -0.4 is 0 Å². The maximum atomic E-state index is 2.50. The molecule has 1 heteroatoms. The topological polar surface area (TPSA) is 0 Å². The van der Waals surface area contributed by atoms with E-state index in [1.807, 2.05) is 0 Å². The van der Waals surface area contributed by atoms with Gasteiger partial charge in [0, 0.05) is 0 Å². The molecule has 0 rings (SSSR count). The molecule has 0 aromatic rings. The summed E-state index contributed by atoms with van der Waals surface area (Å²) in [6.45, 7) is 22.0. The average Bonchev–Trinajstić information content (AvgIpc) is 2.74. The number of rotatable bonds is 23. The van der Waals surface area contributed by atoms with Crippen LogP contribution in [0.3, 0.4) is 0 Å². The molecule has 0 saturated carbocycles. The molecule has 0 spiro atoms. The summed E-state index contributed by atoms with van der Waals surface area (Å²) < 4.78 is 1.22. The fourth-order valence-corrected chi connectivity index (χ4v) is 5.52. The van der Waals surface area contributed by atoms with E-state index in [2.05, 4.69) is 69.5 Å². The average molecular weight is 481 g/mol.